The number of hydrogen-bond donors (Lipinski definition) is 3. The summed E-state index contributed by atoms with van der Waals surface area (Å²) in [6, 6.07) is 8.90. The van der Waals surface area contributed by atoms with Crippen LogP contribution in [0.2, 0.25) is 22.2 Å². The molecule has 15 heteroatoms. The number of benzene rings is 1. The first kappa shape index (κ1) is 33.4. The van der Waals surface area contributed by atoms with Crippen molar-refractivity contribution in [3.05, 3.63) is 47.0 Å². The zero-order valence-electron chi connectivity index (χ0n) is 27.1. The molecule has 0 aliphatic carbocycles. The second-order valence-corrected chi connectivity index (χ2v) is 21.8. The van der Waals surface area contributed by atoms with Gasteiger partial charge in [0.2, 0.25) is 5.95 Å². The number of ether oxygens (including phenoxy) is 2. The molecule has 1 amide bonds. The summed E-state index contributed by atoms with van der Waals surface area (Å²) in [6.45, 7) is 16.9. The van der Waals surface area contributed by atoms with Gasteiger partial charge < -0.3 is 27.5 Å². The topological polar surface area (TPSA) is 159 Å². The molecule has 2 aliphatic rings. The van der Waals surface area contributed by atoms with E-state index in [0.29, 0.717) is 5.75 Å². The van der Waals surface area contributed by atoms with E-state index in [-0.39, 0.29) is 52.5 Å². The van der Waals surface area contributed by atoms with Crippen molar-refractivity contribution >= 4 is 40.1 Å². The van der Waals surface area contributed by atoms with Crippen LogP contribution in [-0.4, -0.2) is 79.2 Å². The highest BCUT2D eigenvalue weighted by Gasteiger charge is 2.61. The van der Waals surface area contributed by atoms with Crippen LogP contribution in [0.4, 0.5) is 5.95 Å². The Morgan fingerprint density at radius 1 is 1.07 bits per heavy atom. The number of carbonyl (C=O) groups is 1. The minimum atomic E-state index is -3.00. The molecular weight excluding hydrogens is 615 g/mol. The molecule has 2 fully saturated rings. The molecule has 0 saturated carbocycles. The highest BCUT2D eigenvalue weighted by Crippen LogP contribution is 2.48. The maximum Gasteiger partial charge on any atom is 0.335 e. The summed E-state index contributed by atoms with van der Waals surface area (Å²) in [5, 5.41) is 14.3. The Morgan fingerprint density at radius 2 is 1.71 bits per heavy atom. The van der Waals surface area contributed by atoms with E-state index in [9.17, 15) is 14.7 Å². The van der Waals surface area contributed by atoms with Crippen LogP contribution in [0, 0.1) is 0 Å². The predicted octanol–water partition coefficient (Wildman–Crippen LogP) is 4.35. The number of hydrogen-bond acceptors (Lipinski definition) is 10. The maximum absolute atomic E-state index is 12.9. The molecule has 4 heterocycles. The van der Waals surface area contributed by atoms with E-state index in [0.717, 1.165) is 0 Å². The van der Waals surface area contributed by atoms with Gasteiger partial charge in [-0.25, -0.2) is 4.98 Å². The average molecular weight is 660 g/mol. The lowest BCUT2D eigenvalue weighted by Crippen LogP contribution is -2.65. The van der Waals surface area contributed by atoms with Gasteiger partial charge in [-0.1, -0.05) is 73.6 Å². The summed E-state index contributed by atoms with van der Waals surface area (Å²) in [4.78, 5) is 36.8. The first-order valence-electron chi connectivity index (χ1n) is 15.6. The van der Waals surface area contributed by atoms with Crippen LogP contribution in [0.5, 0.6) is 5.75 Å². The van der Waals surface area contributed by atoms with Crippen molar-refractivity contribution in [1.82, 2.24) is 19.5 Å². The molecular formula is C30H45N5O8Si2. The summed E-state index contributed by atoms with van der Waals surface area (Å²) in [5.41, 5.74) is 0.0729. The van der Waals surface area contributed by atoms with E-state index in [1.54, 1.807) is 24.3 Å². The Labute approximate surface area is 265 Å². The van der Waals surface area contributed by atoms with E-state index in [1.807, 2.05) is 6.07 Å². The molecule has 45 heavy (non-hydrogen) atoms. The molecule has 13 nitrogen and oxygen atoms in total. The zero-order chi connectivity index (χ0) is 32.7. The smallest absolute Gasteiger partial charge is 0.335 e. The van der Waals surface area contributed by atoms with Gasteiger partial charge in [0.1, 0.15) is 24.1 Å². The lowest BCUT2D eigenvalue weighted by atomic mass is 10.1. The van der Waals surface area contributed by atoms with Crippen LogP contribution in [0.1, 0.15) is 61.6 Å². The minimum absolute atomic E-state index is 0.0354. The molecule has 2 aliphatic heterocycles. The molecule has 0 spiro atoms. The number of amides is 1. The predicted molar refractivity (Wildman–Crippen MR) is 172 cm³/mol. The third-order valence-electron chi connectivity index (χ3n) is 8.72. The second kappa shape index (κ2) is 13.1. The van der Waals surface area contributed by atoms with Crippen molar-refractivity contribution in [2.24, 2.45) is 0 Å². The number of fused-ring (bicyclic) bond motifs is 2. The third-order valence-corrected chi connectivity index (χ3v) is 19.0. The molecule has 4 atom stereocenters. The van der Waals surface area contributed by atoms with Gasteiger partial charge in [-0.05, 0) is 34.3 Å². The fourth-order valence-corrected chi connectivity index (χ4v) is 17.6. The third kappa shape index (κ3) is 6.26. The minimum Gasteiger partial charge on any atom is -0.484 e. The lowest BCUT2D eigenvalue weighted by molar-refractivity contribution is -0.118. The summed E-state index contributed by atoms with van der Waals surface area (Å²) in [7, 11) is -5.81. The molecule has 0 radical (unpaired) electrons. The van der Waals surface area contributed by atoms with E-state index in [1.165, 1.54) is 10.9 Å². The van der Waals surface area contributed by atoms with Crippen molar-refractivity contribution < 1.29 is 32.3 Å². The van der Waals surface area contributed by atoms with E-state index in [2.05, 4.69) is 75.7 Å². The number of nitrogens with one attached hydrogen (secondary N) is 2. The normalized spacial score (nSPS) is 24.6. The van der Waals surface area contributed by atoms with Gasteiger partial charge in [0.05, 0.1) is 12.9 Å². The Bertz CT molecular complexity index is 1530. The van der Waals surface area contributed by atoms with Gasteiger partial charge in [-0.15, -0.1) is 0 Å². The number of rotatable bonds is 9. The number of anilines is 1. The Balaban J connectivity index is 1.45. The van der Waals surface area contributed by atoms with E-state index >= 15 is 0 Å². The standard InChI is InChI=1S/C30H45N5O8Si2/c1-17(2)44(18(3)4)40-14-22-26(42-45(43-44,19(5)6)20(7)8)25(37)29(41-22)35-16-31-24-27(35)33-30(34-28(24)38)32-23(36)15-39-21-12-10-9-11-13-21/h9-13,16-20,22,25-26,29,37H,14-15H2,1-8H3,(H2,32,33,34,36,38)/t22-,25+,26?,29-/m1/s1. The molecule has 3 aromatic rings. The van der Waals surface area contributed by atoms with Gasteiger partial charge in [0.25, 0.3) is 11.5 Å². The summed E-state index contributed by atoms with van der Waals surface area (Å²) in [6.07, 6.45) is -2.07. The number of H-pyrrole nitrogens is 1. The molecule has 0 bridgehead atoms. The van der Waals surface area contributed by atoms with Gasteiger partial charge in [-0.2, -0.15) is 4.98 Å². The largest absolute Gasteiger partial charge is 0.484 e. The van der Waals surface area contributed by atoms with Gasteiger partial charge in [-0.3, -0.25) is 24.5 Å². The summed E-state index contributed by atoms with van der Waals surface area (Å²) >= 11 is 0. The molecule has 2 saturated heterocycles. The highest BCUT2D eigenvalue weighted by atomic mass is 28.5. The number of para-hydroxylation sites is 1. The van der Waals surface area contributed by atoms with Crippen molar-refractivity contribution in [3.8, 4) is 5.75 Å². The number of aliphatic hydroxyl groups excluding tert-OH is 1. The van der Waals surface area contributed by atoms with Crippen LogP contribution in [0.25, 0.3) is 11.2 Å². The SMILES string of the molecule is CC(C)[Si]1(C(C)C)OC[C@H]2O[C@@H](n3cnc4c(=O)[nH]c(NC(=O)COc5ccccc5)nc43)[C@@H](O)C2O[Si](C(C)C)(C(C)C)O1. The zero-order valence-corrected chi connectivity index (χ0v) is 29.1. The monoisotopic (exact) mass is 659 g/mol. The van der Waals surface area contributed by atoms with Gasteiger partial charge in [0, 0.05) is 0 Å². The van der Waals surface area contributed by atoms with Gasteiger partial charge in [0.15, 0.2) is 24.0 Å². The number of aromatic amines is 1. The Morgan fingerprint density at radius 3 is 2.33 bits per heavy atom. The van der Waals surface area contributed by atoms with Crippen molar-refractivity contribution in [1.29, 1.82) is 0 Å². The van der Waals surface area contributed by atoms with Crippen LogP contribution in [0.15, 0.2) is 41.5 Å². The van der Waals surface area contributed by atoms with Crippen LogP contribution in [-0.2, 0) is 22.5 Å². The molecule has 5 rings (SSSR count). The van der Waals surface area contributed by atoms with E-state index < -0.39 is 53.1 Å². The van der Waals surface area contributed by atoms with Crippen molar-refractivity contribution in [3.63, 3.8) is 0 Å². The van der Waals surface area contributed by atoms with Crippen LogP contribution in [0.3, 0.4) is 0 Å². The molecule has 1 aromatic carbocycles. The highest BCUT2D eigenvalue weighted by molar-refractivity contribution is 6.84. The summed E-state index contributed by atoms with van der Waals surface area (Å²) < 4.78 is 34.5. The van der Waals surface area contributed by atoms with E-state index in [4.69, 9.17) is 22.4 Å². The number of nitrogens with zero attached hydrogens (tertiary/aromatic N) is 3. The van der Waals surface area contributed by atoms with Crippen molar-refractivity contribution in [2.75, 3.05) is 18.5 Å². The Hall–Kier alpha value is -2.93. The molecule has 2 aromatic heterocycles. The number of carbonyl (C=O) groups excluding carboxylic acids is 1. The first-order chi connectivity index (χ1) is 21.3. The summed E-state index contributed by atoms with van der Waals surface area (Å²) in [5.74, 6) is -0.0678. The fraction of sp³-hybridized carbons (Fsp3) is 0.600. The maximum atomic E-state index is 12.9. The molecule has 1 unspecified atom stereocenters. The van der Waals surface area contributed by atoms with Gasteiger partial charge >= 0.3 is 17.1 Å². The van der Waals surface area contributed by atoms with Crippen LogP contribution < -0.4 is 15.6 Å². The number of aromatic nitrogens is 4. The van der Waals surface area contributed by atoms with Crippen molar-refractivity contribution in [2.45, 2.75) is 102 Å². The van der Waals surface area contributed by atoms with Crippen LogP contribution >= 0.6 is 0 Å². The molecule has 246 valence electrons. The number of imidazole rings is 1. The average Bonchev–Trinajstić information content (AvgIpc) is 3.52. The lowest BCUT2D eigenvalue weighted by Gasteiger charge is -2.51. The molecule has 3 N–H and O–H groups in total. The quantitative estimate of drug-likeness (QED) is 0.282. The fourth-order valence-electron chi connectivity index (χ4n) is 6.37. The Kier molecular flexibility index (Phi) is 9.70. The first-order valence-corrected chi connectivity index (χ1v) is 19.5. The second-order valence-electron chi connectivity index (χ2n) is 13.0. The number of aliphatic hydroxyl groups is 1.